The first-order chi connectivity index (χ1) is 4.27. The van der Waals surface area contributed by atoms with Crippen LogP contribution in [0.15, 0.2) is 12.2 Å². The summed E-state index contributed by atoms with van der Waals surface area (Å²) >= 11 is 0. The Labute approximate surface area is 59.3 Å². The van der Waals surface area contributed by atoms with E-state index in [4.69, 9.17) is 4.74 Å². The zero-order chi connectivity index (χ0) is 7.11. The fraction of sp³-hybridized carbons (Fsp3) is 0.714. The van der Waals surface area contributed by atoms with Crippen LogP contribution < -0.4 is 0 Å². The second-order valence-electron chi connectivity index (χ2n) is 2.50. The topological polar surface area (TPSA) is 9.23 Å². The van der Waals surface area contributed by atoms with Gasteiger partial charge < -0.3 is 4.74 Å². The van der Waals surface area contributed by atoms with E-state index < -0.39 is 8.80 Å². The molecule has 0 fully saturated rings. The number of hydrogen-bond donors (Lipinski definition) is 0. The zero-order valence-corrected chi connectivity index (χ0v) is 7.71. The monoisotopic (exact) mass is 144 g/mol. The molecule has 0 N–H and O–H groups in total. The summed E-state index contributed by atoms with van der Waals surface area (Å²) in [6, 6.07) is 0. The molecule has 0 rings (SSSR count). The average Bonchev–Trinajstić information content (AvgIpc) is 1.80. The number of rotatable bonds is 4. The molecular weight excluding hydrogens is 128 g/mol. The normalized spacial score (nSPS) is 11.6. The van der Waals surface area contributed by atoms with E-state index in [0.717, 1.165) is 12.8 Å². The van der Waals surface area contributed by atoms with Crippen molar-refractivity contribution in [2.24, 2.45) is 0 Å². The van der Waals surface area contributed by atoms with Gasteiger partial charge in [-0.2, -0.15) is 0 Å². The van der Waals surface area contributed by atoms with Crippen LogP contribution in [0.3, 0.4) is 0 Å². The Morgan fingerprint density at radius 2 is 2.11 bits per heavy atom. The van der Waals surface area contributed by atoms with E-state index in [1.807, 2.05) is 19.1 Å². The molecule has 54 valence electrons. The minimum Gasteiger partial charge on any atom is -0.381 e. The lowest BCUT2D eigenvalue weighted by Gasteiger charge is -2.01. The van der Waals surface area contributed by atoms with E-state index in [1.54, 1.807) is 0 Å². The fourth-order valence-electron chi connectivity index (χ4n) is 0.468. The van der Waals surface area contributed by atoms with Crippen molar-refractivity contribution < 1.29 is 4.74 Å². The molecule has 0 radical (unpaired) electrons. The molecule has 0 aromatic carbocycles. The Morgan fingerprint density at radius 3 is 2.56 bits per heavy atom. The first-order valence-electron chi connectivity index (χ1n) is 3.46. The maximum atomic E-state index is 5.31. The molecule has 0 saturated heterocycles. The molecule has 0 spiro atoms. The quantitative estimate of drug-likeness (QED) is 0.331. The molecule has 0 aliphatic rings. The van der Waals surface area contributed by atoms with Crippen LogP contribution in [0.5, 0.6) is 0 Å². The van der Waals surface area contributed by atoms with Gasteiger partial charge in [0.15, 0.2) is 0 Å². The van der Waals surface area contributed by atoms with Gasteiger partial charge in [0, 0.05) is 6.23 Å². The minimum atomic E-state index is -0.469. The van der Waals surface area contributed by atoms with Crippen LogP contribution in [0.1, 0.15) is 6.92 Å². The van der Waals surface area contributed by atoms with Gasteiger partial charge in [-0.05, 0) is 6.92 Å². The fourth-order valence-corrected chi connectivity index (χ4v) is 1.08. The van der Waals surface area contributed by atoms with Gasteiger partial charge >= 0.3 is 0 Å². The summed E-state index contributed by atoms with van der Waals surface area (Å²) in [6.45, 7) is 7.38. The van der Waals surface area contributed by atoms with Gasteiger partial charge in [-0.15, -0.1) is 0 Å². The van der Waals surface area contributed by atoms with E-state index in [1.165, 1.54) is 0 Å². The van der Waals surface area contributed by atoms with Crippen molar-refractivity contribution in [1.29, 1.82) is 0 Å². The third-order valence-electron chi connectivity index (χ3n) is 0.901. The first-order valence-corrected chi connectivity index (χ1v) is 6.59. The van der Waals surface area contributed by atoms with Crippen molar-refractivity contribution in [3.63, 3.8) is 0 Å². The number of ether oxygens (including phenoxy) is 1. The lowest BCUT2D eigenvalue weighted by Crippen LogP contribution is -2.11. The zero-order valence-electron chi connectivity index (χ0n) is 6.55. The number of allylic oxidation sites excluding steroid dienone is 1. The standard InChI is InChI=1S/C7H16OSi/c1-4-5-6-8-7-9(2)3/h4-5,9H,6-7H2,1-3H3. The van der Waals surface area contributed by atoms with Crippen molar-refractivity contribution >= 4 is 8.80 Å². The maximum Gasteiger partial charge on any atom is 0.0643 e. The highest BCUT2D eigenvalue weighted by Crippen LogP contribution is 1.82. The summed E-state index contributed by atoms with van der Waals surface area (Å²) in [5.74, 6) is 0. The van der Waals surface area contributed by atoms with Crippen molar-refractivity contribution in [1.82, 2.24) is 0 Å². The highest BCUT2D eigenvalue weighted by atomic mass is 28.3. The van der Waals surface area contributed by atoms with Crippen LogP contribution in [0, 0.1) is 0 Å². The molecule has 0 atom stereocenters. The highest BCUT2D eigenvalue weighted by molar-refractivity contribution is 6.55. The molecule has 1 nitrogen and oxygen atoms in total. The van der Waals surface area contributed by atoms with Crippen LogP contribution in [-0.4, -0.2) is 21.6 Å². The first kappa shape index (κ1) is 8.92. The summed E-state index contributed by atoms with van der Waals surface area (Å²) in [5.41, 5.74) is 0. The SMILES string of the molecule is CC=CCOC[SiH](C)C. The third-order valence-corrected chi connectivity index (χ3v) is 1.80. The molecule has 0 aromatic heterocycles. The van der Waals surface area contributed by atoms with Crippen molar-refractivity contribution in [2.45, 2.75) is 20.0 Å². The van der Waals surface area contributed by atoms with Gasteiger partial charge in [0.25, 0.3) is 0 Å². The Hall–Kier alpha value is -0.0831. The van der Waals surface area contributed by atoms with Crippen molar-refractivity contribution in [3.8, 4) is 0 Å². The van der Waals surface area contributed by atoms with Crippen LogP contribution in [0.25, 0.3) is 0 Å². The molecule has 0 aliphatic carbocycles. The largest absolute Gasteiger partial charge is 0.381 e. The summed E-state index contributed by atoms with van der Waals surface area (Å²) in [4.78, 5) is 0. The van der Waals surface area contributed by atoms with Crippen LogP contribution in [0.2, 0.25) is 13.1 Å². The second kappa shape index (κ2) is 6.04. The molecule has 2 heteroatoms. The van der Waals surface area contributed by atoms with Crippen LogP contribution >= 0.6 is 0 Å². The van der Waals surface area contributed by atoms with E-state index in [9.17, 15) is 0 Å². The maximum absolute atomic E-state index is 5.31. The van der Waals surface area contributed by atoms with E-state index >= 15 is 0 Å². The molecule has 9 heavy (non-hydrogen) atoms. The van der Waals surface area contributed by atoms with Gasteiger partial charge in [0.05, 0.1) is 15.4 Å². The average molecular weight is 144 g/mol. The van der Waals surface area contributed by atoms with E-state index in [0.29, 0.717) is 0 Å². The van der Waals surface area contributed by atoms with Gasteiger partial charge in [-0.1, -0.05) is 25.2 Å². The highest BCUT2D eigenvalue weighted by Gasteiger charge is 1.91. The van der Waals surface area contributed by atoms with Gasteiger partial charge in [-0.3, -0.25) is 0 Å². The molecule has 0 heterocycles. The molecular formula is C7H16OSi. The Kier molecular flexibility index (Phi) is 5.99. The van der Waals surface area contributed by atoms with Crippen molar-refractivity contribution in [3.05, 3.63) is 12.2 Å². The lowest BCUT2D eigenvalue weighted by molar-refractivity contribution is 0.208. The minimum absolute atomic E-state index is 0.469. The summed E-state index contributed by atoms with van der Waals surface area (Å²) in [5, 5.41) is 0. The van der Waals surface area contributed by atoms with E-state index in [2.05, 4.69) is 13.1 Å². The molecule has 0 aliphatic heterocycles. The second-order valence-corrected chi connectivity index (χ2v) is 5.62. The van der Waals surface area contributed by atoms with Gasteiger partial charge in [-0.25, -0.2) is 0 Å². The Morgan fingerprint density at radius 1 is 1.44 bits per heavy atom. The molecule has 0 saturated carbocycles. The molecule has 0 aromatic rings. The molecule has 0 amide bonds. The molecule has 0 unspecified atom stereocenters. The summed E-state index contributed by atoms with van der Waals surface area (Å²) < 4.78 is 5.31. The van der Waals surface area contributed by atoms with Crippen LogP contribution in [-0.2, 0) is 4.74 Å². The lowest BCUT2D eigenvalue weighted by atomic mass is 10.6. The predicted molar refractivity (Wildman–Crippen MR) is 44.5 cm³/mol. The smallest absolute Gasteiger partial charge is 0.0643 e. The Balaban J connectivity index is 2.91. The van der Waals surface area contributed by atoms with Gasteiger partial charge in [0.1, 0.15) is 0 Å². The number of hydrogen-bond acceptors (Lipinski definition) is 1. The predicted octanol–water partition coefficient (Wildman–Crippen LogP) is 1.60. The molecule has 0 bridgehead atoms. The third kappa shape index (κ3) is 7.92. The summed E-state index contributed by atoms with van der Waals surface area (Å²) in [7, 11) is -0.469. The Bertz CT molecular complexity index is 79.0. The van der Waals surface area contributed by atoms with E-state index in [-0.39, 0.29) is 0 Å². The van der Waals surface area contributed by atoms with Crippen LogP contribution in [0.4, 0.5) is 0 Å². The summed E-state index contributed by atoms with van der Waals surface area (Å²) in [6.07, 6.45) is 5.06. The van der Waals surface area contributed by atoms with Gasteiger partial charge in [0.2, 0.25) is 0 Å². The van der Waals surface area contributed by atoms with Crippen molar-refractivity contribution in [2.75, 3.05) is 12.8 Å².